The second kappa shape index (κ2) is 6.87. The SMILES string of the molecule is CN1CCN(C(=O)CCOC2CCNCC2)CC1(C)C. The summed E-state index contributed by atoms with van der Waals surface area (Å²) in [5.41, 5.74) is 0.0732. The standard InChI is InChI=1S/C15H29N3O2/c1-15(2)12-18(10-9-17(15)3)14(19)6-11-20-13-4-7-16-8-5-13/h13,16H,4-12H2,1-3H3. The van der Waals surface area contributed by atoms with Crippen LogP contribution in [0.25, 0.3) is 0 Å². The van der Waals surface area contributed by atoms with Crippen molar-refractivity contribution in [2.45, 2.75) is 44.8 Å². The van der Waals surface area contributed by atoms with Gasteiger partial charge in [-0.15, -0.1) is 0 Å². The molecule has 0 aliphatic carbocycles. The van der Waals surface area contributed by atoms with Crippen molar-refractivity contribution in [3.8, 4) is 0 Å². The van der Waals surface area contributed by atoms with E-state index in [0.29, 0.717) is 19.1 Å². The molecule has 1 amide bonds. The Labute approximate surface area is 122 Å². The van der Waals surface area contributed by atoms with Crippen LogP contribution >= 0.6 is 0 Å². The molecule has 0 aromatic carbocycles. The van der Waals surface area contributed by atoms with Crippen LogP contribution in [0.15, 0.2) is 0 Å². The summed E-state index contributed by atoms with van der Waals surface area (Å²) in [6.07, 6.45) is 2.99. The number of likely N-dealkylation sites (N-methyl/N-ethyl adjacent to an activating group) is 1. The predicted octanol–water partition coefficient (Wildman–Crippen LogP) is 0.698. The monoisotopic (exact) mass is 283 g/mol. The molecule has 0 aromatic heterocycles. The number of piperidine rings is 1. The number of carbonyl (C=O) groups is 1. The highest BCUT2D eigenvalue weighted by Gasteiger charge is 2.32. The first kappa shape index (κ1) is 15.7. The van der Waals surface area contributed by atoms with Crippen molar-refractivity contribution in [2.24, 2.45) is 0 Å². The zero-order valence-corrected chi connectivity index (χ0v) is 13.2. The highest BCUT2D eigenvalue weighted by Crippen LogP contribution is 2.19. The molecule has 2 aliphatic heterocycles. The molecule has 1 N–H and O–H groups in total. The summed E-state index contributed by atoms with van der Waals surface area (Å²) in [5, 5.41) is 3.32. The number of hydrogen-bond acceptors (Lipinski definition) is 4. The van der Waals surface area contributed by atoms with Gasteiger partial charge in [-0.25, -0.2) is 0 Å². The molecule has 0 atom stereocenters. The number of amides is 1. The number of rotatable bonds is 4. The molecule has 116 valence electrons. The number of hydrogen-bond donors (Lipinski definition) is 1. The average molecular weight is 283 g/mol. The minimum Gasteiger partial charge on any atom is -0.378 e. The Hall–Kier alpha value is -0.650. The molecule has 5 heteroatoms. The lowest BCUT2D eigenvalue weighted by Gasteiger charge is -2.45. The molecule has 0 unspecified atom stereocenters. The molecule has 2 fully saturated rings. The first-order valence-corrected chi connectivity index (χ1v) is 7.80. The van der Waals surface area contributed by atoms with Crippen LogP contribution in [0.2, 0.25) is 0 Å². The molecule has 0 aromatic rings. The van der Waals surface area contributed by atoms with Crippen molar-refractivity contribution in [3.63, 3.8) is 0 Å². The summed E-state index contributed by atoms with van der Waals surface area (Å²) in [7, 11) is 2.13. The van der Waals surface area contributed by atoms with Gasteiger partial charge in [0, 0.05) is 25.2 Å². The van der Waals surface area contributed by atoms with E-state index in [-0.39, 0.29) is 11.4 Å². The summed E-state index contributed by atoms with van der Waals surface area (Å²) >= 11 is 0. The van der Waals surface area contributed by atoms with Crippen LogP contribution in [0.1, 0.15) is 33.1 Å². The van der Waals surface area contributed by atoms with Crippen LogP contribution in [-0.2, 0) is 9.53 Å². The number of nitrogens with zero attached hydrogens (tertiary/aromatic N) is 2. The highest BCUT2D eigenvalue weighted by molar-refractivity contribution is 5.76. The summed E-state index contributed by atoms with van der Waals surface area (Å²) in [6, 6.07) is 0. The lowest BCUT2D eigenvalue weighted by Crippen LogP contribution is -2.58. The quantitative estimate of drug-likeness (QED) is 0.825. The number of ether oxygens (including phenoxy) is 1. The summed E-state index contributed by atoms with van der Waals surface area (Å²) in [6.45, 7) is 9.62. The van der Waals surface area contributed by atoms with Crippen LogP contribution in [0.5, 0.6) is 0 Å². The number of carbonyl (C=O) groups excluding carboxylic acids is 1. The van der Waals surface area contributed by atoms with Crippen molar-refractivity contribution in [3.05, 3.63) is 0 Å². The Bertz CT molecular complexity index is 327. The summed E-state index contributed by atoms with van der Waals surface area (Å²) in [4.78, 5) is 16.6. The lowest BCUT2D eigenvalue weighted by molar-refractivity contribution is -0.137. The third-order valence-corrected chi connectivity index (χ3v) is 4.62. The maximum atomic E-state index is 12.2. The zero-order valence-electron chi connectivity index (χ0n) is 13.2. The minimum absolute atomic E-state index is 0.0732. The van der Waals surface area contributed by atoms with Gasteiger partial charge in [-0.05, 0) is 46.8 Å². The van der Waals surface area contributed by atoms with Gasteiger partial charge in [-0.2, -0.15) is 0 Å². The lowest BCUT2D eigenvalue weighted by atomic mass is 9.99. The molecule has 2 rings (SSSR count). The average Bonchev–Trinajstić information content (AvgIpc) is 2.43. The van der Waals surface area contributed by atoms with Gasteiger partial charge in [0.25, 0.3) is 0 Å². The van der Waals surface area contributed by atoms with E-state index in [4.69, 9.17) is 4.74 Å². The Morgan fingerprint density at radius 1 is 1.30 bits per heavy atom. The molecule has 2 heterocycles. The second-order valence-electron chi connectivity index (χ2n) is 6.62. The molecule has 2 saturated heterocycles. The number of nitrogens with one attached hydrogen (secondary N) is 1. The normalized spacial score (nSPS) is 24.9. The van der Waals surface area contributed by atoms with Gasteiger partial charge in [0.15, 0.2) is 0 Å². The van der Waals surface area contributed by atoms with E-state index in [2.05, 4.69) is 31.1 Å². The Morgan fingerprint density at radius 2 is 2.00 bits per heavy atom. The topological polar surface area (TPSA) is 44.8 Å². The van der Waals surface area contributed by atoms with Crippen LogP contribution in [0, 0.1) is 0 Å². The summed E-state index contributed by atoms with van der Waals surface area (Å²) < 4.78 is 5.82. The molecule has 5 nitrogen and oxygen atoms in total. The first-order valence-electron chi connectivity index (χ1n) is 7.80. The first-order chi connectivity index (χ1) is 9.49. The summed E-state index contributed by atoms with van der Waals surface area (Å²) in [5.74, 6) is 0.236. The maximum absolute atomic E-state index is 12.2. The van der Waals surface area contributed by atoms with Crippen LogP contribution < -0.4 is 5.32 Å². The predicted molar refractivity (Wildman–Crippen MR) is 79.7 cm³/mol. The molecule has 0 spiro atoms. The fraction of sp³-hybridized carbons (Fsp3) is 0.933. The maximum Gasteiger partial charge on any atom is 0.224 e. The van der Waals surface area contributed by atoms with Crippen LogP contribution in [0.4, 0.5) is 0 Å². The minimum atomic E-state index is 0.0732. The van der Waals surface area contributed by atoms with Gasteiger partial charge in [0.1, 0.15) is 0 Å². The second-order valence-corrected chi connectivity index (χ2v) is 6.62. The van der Waals surface area contributed by atoms with Gasteiger partial charge >= 0.3 is 0 Å². The Morgan fingerprint density at radius 3 is 2.65 bits per heavy atom. The van der Waals surface area contributed by atoms with Crippen molar-refractivity contribution in [2.75, 3.05) is 46.4 Å². The third kappa shape index (κ3) is 4.17. The fourth-order valence-electron chi connectivity index (χ4n) is 2.89. The van der Waals surface area contributed by atoms with Crippen molar-refractivity contribution in [1.82, 2.24) is 15.1 Å². The van der Waals surface area contributed by atoms with Crippen molar-refractivity contribution >= 4 is 5.91 Å². The molecule has 2 aliphatic rings. The largest absolute Gasteiger partial charge is 0.378 e. The molecule has 0 bridgehead atoms. The smallest absolute Gasteiger partial charge is 0.224 e. The van der Waals surface area contributed by atoms with Crippen LogP contribution in [-0.4, -0.2) is 73.7 Å². The molecular weight excluding hydrogens is 254 g/mol. The van der Waals surface area contributed by atoms with E-state index in [1.165, 1.54) is 0 Å². The van der Waals surface area contributed by atoms with Crippen LogP contribution in [0.3, 0.4) is 0 Å². The van der Waals surface area contributed by atoms with Gasteiger partial charge in [0.05, 0.1) is 19.1 Å². The van der Waals surface area contributed by atoms with Gasteiger partial charge in [-0.3, -0.25) is 9.69 Å². The molecule has 0 radical (unpaired) electrons. The van der Waals surface area contributed by atoms with Crippen molar-refractivity contribution < 1.29 is 9.53 Å². The molecular formula is C15H29N3O2. The fourth-order valence-corrected chi connectivity index (χ4v) is 2.89. The number of piperazine rings is 1. The third-order valence-electron chi connectivity index (χ3n) is 4.62. The van der Waals surface area contributed by atoms with Gasteiger partial charge in [0.2, 0.25) is 5.91 Å². The van der Waals surface area contributed by atoms with E-state index in [9.17, 15) is 4.79 Å². The van der Waals surface area contributed by atoms with Gasteiger partial charge in [-0.1, -0.05) is 0 Å². The Balaban J connectivity index is 1.69. The molecule has 20 heavy (non-hydrogen) atoms. The van der Waals surface area contributed by atoms with E-state index in [1.807, 2.05) is 4.90 Å². The van der Waals surface area contributed by atoms with Gasteiger partial charge < -0.3 is 15.0 Å². The van der Waals surface area contributed by atoms with E-state index < -0.39 is 0 Å². The van der Waals surface area contributed by atoms with E-state index in [0.717, 1.165) is 45.6 Å². The Kier molecular flexibility index (Phi) is 5.41. The highest BCUT2D eigenvalue weighted by atomic mass is 16.5. The van der Waals surface area contributed by atoms with E-state index >= 15 is 0 Å². The van der Waals surface area contributed by atoms with E-state index in [1.54, 1.807) is 0 Å². The van der Waals surface area contributed by atoms with Crippen molar-refractivity contribution in [1.29, 1.82) is 0 Å². The molecule has 0 saturated carbocycles. The zero-order chi connectivity index (χ0) is 14.6.